The Kier molecular flexibility index (Phi) is 4.75. The summed E-state index contributed by atoms with van der Waals surface area (Å²) < 4.78 is 6.11. The fourth-order valence-corrected chi connectivity index (χ4v) is 1.95. The molecule has 0 bridgehead atoms. The molecule has 2 rings (SSSR count). The number of aromatic amines is 1. The zero-order chi connectivity index (χ0) is 14.5. The van der Waals surface area contributed by atoms with Crippen molar-refractivity contribution < 1.29 is 4.74 Å². The quantitative estimate of drug-likeness (QED) is 0.651. The lowest BCUT2D eigenvalue weighted by atomic mass is 10.2. The number of aromatic nitrogens is 2. The van der Waals surface area contributed by atoms with Crippen molar-refractivity contribution in [1.29, 1.82) is 0 Å². The second kappa shape index (κ2) is 6.53. The number of nitrogens with zero attached hydrogens (tertiary/aromatic N) is 2. The molecule has 0 amide bonds. The lowest BCUT2D eigenvalue weighted by Gasteiger charge is -2.05. The zero-order valence-corrected chi connectivity index (χ0v) is 12.7. The van der Waals surface area contributed by atoms with Crippen molar-refractivity contribution in [3.8, 4) is 5.75 Å². The number of benzene rings is 1. The van der Waals surface area contributed by atoms with E-state index in [9.17, 15) is 4.79 Å². The molecule has 0 saturated heterocycles. The first-order chi connectivity index (χ1) is 9.61. The van der Waals surface area contributed by atoms with Crippen LogP contribution in [0.25, 0.3) is 0 Å². The van der Waals surface area contributed by atoms with E-state index < -0.39 is 5.56 Å². The fraction of sp³-hybridized carbons (Fsp3) is 0.0833. The first-order valence-corrected chi connectivity index (χ1v) is 6.64. The Hall–Kier alpha value is -1.86. The minimum absolute atomic E-state index is 0.00152. The van der Waals surface area contributed by atoms with E-state index in [2.05, 4.69) is 36.7 Å². The Morgan fingerprint density at radius 1 is 1.55 bits per heavy atom. The van der Waals surface area contributed by atoms with E-state index in [0.29, 0.717) is 11.4 Å². The lowest BCUT2D eigenvalue weighted by molar-refractivity contribution is 0.414. The van der Waals surface area contributed by atoms with Gasteiger partial charge in [0.05, 0.1) is 19.5 Å². The van der Waals surface area contributed by atoms with E-state index in [0.717, 1.165) is 10.0 Å². The highest BCUT2D eigenvalue weighted by Crippen LogP contribution is 2.21. The van der Waals surface area contributed by atoms with Gasteiger partial charge in [-0.1, -0.05) is 27.5 Å². The first-order valence-electron chi connectivity index (χ1n) is 5.47. The molecular formula is C12H10BrClN4O2. The average molecular weight is 358 g/mol. The van der Waals surface area contributed by atoms with Crippen LogP contribution in [0.1, 0.15) is 5.56 Å². The van der Waals surface area contributed by atoms with Gasteiger partial charge in [-0.2, -0.15) is 10.2 Å². The largest absolute Gasteiger partial charge is 0.496 e. The van der Waals surface area contributed by atoms with Crippen LogP contribution < -0.4 is 15.7 Å². The van der Waals surface area contributed by atoms with E-state index in [1.165, 1.54) is 6.20 Å². The molecule has 0 unspecified atom stereocenters. The van der Waals surface area contributed by atoms with Crippen LogP contribution in [0, 0.1) is 0 Å². The third-order valence-corrected chi connectivity index (χ3v) is 3.24. The van der Waals surface area contributed by atoms with Gasteiger partial charge in [0, 0.05) is 10.0 Å². The smallest absolute Gasteiger partial charge is 0.285 e. The van der Waals surface area contributed by atoms with E-state index in [1.54, 1.807) is 13.3 Å². The number of methoxy groups -OCH3 is 1. The number of ether oxygens (including phenoxy) is 1. The van der Waals surface area contributed by atoms with Crippen LogP contribution in [0.4, 0.5) is 5.69 Å². The summed E-state index contributed by atoms with van der Waals surface area (Å²) >= 11 is 9.18. The Morgan fingerprint density at radius 2 is 2.35 bits per heavy atom. The number of nitrogens with one attached hydrogen (secondary N) is 2. The molecule has 0 atom stereocenters. The second-order valence-electron chi connectivity index (χ2n) is 3.68. The van der Waals surface area contributed by atoms with Crippen LogP contribution in [-0.4, -0.2) is 23.5 Å². The van der Waals surface area contributed by atoms with Crippen molar-refractivity contribution in [2.45, 2.75) is 0 Å². The Balaban J connectivity index is 2.20. The van der Waals surface area contributed by atoms with Gasteiger partial charge < -0.3 is 4.74 Å². The van der Waals surface area contributed by atoms with Gasteiger partial charge in [0.2, 0.25) is 0 Å². The van der Waals surface area contributed by atoms with Crippen molar-refractivity contribution in [2.24, 2.45) is 5.10 Å². The summed E-state index contributed by atoms with van der Waals surface area (Å²) in [6.45, 7) is 0. The number of anilines is 1. The van der Waals surface area contributed by atoms with Gasteiger partial charge in [0.15, 0.2) is 0 Å². The number of hydrogen-bond acceptors (Lipinski definition) is 5. The summed E-state index contributed by atoms with van der Waals surface area (Å²) in [4.78, 5) is 11.2. The van der Waals surface area contributed by atoms with Crippen LogP contribution >= 0.6 is 27.5 Å². The Morgan fingerprint density at radius 3 is 3.10 bits per heavy atom. The molecule has 1 aromatic carbocycles. The molecule has 2 N–H and O–H groups in total. The highest BCUT2D eigenvalue weighted by atomic mass is 79.9. The Labute approximate surface area is 127 Å². The Bertz CT molecular complexity index is 702. The van der Waals surface area contributed by atoms with Gasteiger partial charge >= 0.3 is 0 Å². The number of halogens is 2. The number of H-pyrrole nitrogens is 1. The van der Waals surface area contributed by atoms with E-state index in [-0.39, 0.29) is 5.02 Å². The normalized spacial score (nSPS) is 10.8. The summed E-state index contributed by atoms with van der Waals surface area (Å²) in [6.07, 6.45) is 2.93. The molecule has 1 aromatic heterocycles. The predicted molar refractivity (Wildman–Crippen MR) is 81.8 cm³/mol. The van der Waals surface area contributed by atoms with Crippen molar-refractivity contribution >= 4 is 39.4 Å². The van der Waals surface area contributed by atoms with Crippen molar-refractivity contribution in [3.05, 3.63) is 49.8 Å². The fourth-order valence-electron chi connectivity index (χ4n) is 1.44. The van der Waals surface area contributed by atoms with E-state index >= 15 is 0 Å². The molecular weight excluding hydrogens is 348 g/mol. The first kappa shape index (κ1) is 14.5. The third kappa shape index (κ3) is 3.37. The second-order valence-corrected chi connectivity index (χ2v) is 4.98. The molecule has 1 heterocycles. The molecule has 2 aromatic rings. The molecule has 0 aliphatic rings. The molecule has 0 fully saturated rings. The standard InChI is InChI=1S/C12H10BrClN4O2/c1-20-10-3-2-8(13)4-7(10)5-15-17-9-6-16-18-12(19)11(9)14/h2-6H,1H3,(H2,17,18,19)/b15-5-. The number of hydrogen-bond donors (Lipinski definition) is 2. The van der Waals surface area contributed by atoms with Gasteiger partial charge in [-0.15, -0.1) is 0 Å². The summed E-state index contributed by atoms with van der Waals surface area (Å²) in [5.74, 6) is 0.675. The number of rotatable bonds is 4. The lowest BCUT2D eigenvalue weighted by Crippen LogP contribution is -2.10. The summed E-state index contributed by atoms with van der Waals surface area (Å²) in [5.41, 5.74) is 3.26. The minimum atomic E-state index is -0.480. The maximum absolute atomic E-state index is 11.2. The van der Waals surface area contributed by atoms with Crippen LogP contribution in [-0.2, 0) is 0 Å². The van der Waals surface area contributed by atoms with Crippen molar-refractivity contribution in [2.75, 3.05) is 12.5 Å². The number of hydrazone groups is 1. The average Bonchev–Trinajstić information content (AvgIpc) is 2.44. The zero-order valence-electron chi connectivity index (χ0n) is 10.4. The molecule has 0 saturated carbocycles. The van der Waals surface area contributed by atoms with E-state index in [1.807, 2.05) is 18.2 Å². The molecule has 6 nitrogen and oxygen atoms in total. The summed E-state index contributed by atoms with van der Waals surface area (Å²) in [5, 5.41) is 9.86. The molecule has 8 heteroatoms. The predicted octanol–water partition coefficient (Wildman–Crippen LogP) is 2.64. The SMILES string of the molecule is COc1ccc(Br)cc1/C=N\Nc1cn[nH]c(=O)c1Cl. The summed E-state index contributed by atoms with van der Waals surface area (Å²) in [6, 6.07) is 5.52. The maximum Gasteiger partial charge on any atom is 0.285 e. The molecule has 0 spiro atoms. The minimum Gasteiger partial charge on any atom is -0.496 e. The van der Waals surface area contributed by atoms with Crippen molar-refractivity contribution in [3.63, 3.8) is 0 Å². The van der Waals surface area contributed by atoms with Crippen LogP contribution in [0.3, 0.4) is 0 Å². The summed E-state index contributed by atoms with van der Waals surface area (Å²) in [7, 11) is 1.57. The topological polar surface area (TPSA) is 79.4 Å². The molecule has 104 valence electrons. The van der Waals surface area contributed by atoms with Gasteiger partial charge in [0.25, 0.3) is 5.56 Å². The van der Waals surface area contributed by atoms with Crippen molar-refractivity contribution in [1.82, 2.24) is 10.2 Å². The molecule has 0 aliphatic heterocycles. The maximum atomic E-state index is 11.2. The van der Waals surface area contributed by atoms with Crippen LogP contribution in [0.2, 0.25) is 5.02 Å². The highest BCUT2D eigenvalue weighted by Gasteiger charge is 2.04. The third-order valence-electron chi connectivity index (χ3n) is 2.38. The van der Waals surface area contributed by atoms with Gasteiger partial charge in [-0.25, -0.2) is 5.10 Å². The highest BCUT2D eigenvalue weighted by molar-refractivity contribution is 9.10. The molecule has 0 radical (unpaired) electrons. The van der Waals surface area contributed by atoms with E-state index in [4.69, 9.17) is 16.3 Å². The molecule has 0 aliphatic carbocycles. The van der Waals surface area contributed by atoms with Gasteiger partial charge in [-0.3, -0.25) is 10.2 Å². The monoisotopic (exact) mass is 356 g/mol. The molecule has 20 heavy (non-hydrogen) atoms. The van der Waals surface area contributed by atoms with Gasteiger partial charge in [-0.05, 0) is 18.2 Å². The van der Waals surface area contributed by atoms with Crippen LogP contribution in [0.5, 0.6) is 5.75 Å². The van der Waals surface area contributed by atoms with Gasteiger partial charge in [0.1, 0.15) is 16.5 Å². The van der Waals surface area contributed by atoms with Crippen LogP contribution in [0.15, 0.2) is 38.8 Å².